The highest BCUT2D eigenvalue weighted by Gasteiger charge is 2.56. The zero-order valence-corrected chi connectivity index (χ0v) is 14.9. The van der Waals surface area contributed by atoms with Crippen molar-refractivity contribution in [3.05, 3.63) is 48.0 Å². The summed E-state index contributed by atoms with van der Waals surface area (Å²) < 4.78 is 10.3. The number of carbonyl (C=O) groups is 3. The Labute approximate surface area is 148 Å². The van der Waals surface area contributed by atoms with Crippen molar-refractivity contribution in [2.75, 3.05) is 13.2 Å². The van der Waals surface area contributed by atoms with Gasteiger partial charge in [-0.3, -0.25) is 14.4 Å². The van der Waals surface area contributed by atoms with Gasteiger partial charge in [0.25, 0.3) is 0 Å². The lowest BCUT2D eigenvalue weighted by Crippen LogP contribution is -2.51. The summed E-state index contributed by atoms with van der Waals surface area (Å²) >= 11 is 0. The van der Waals surface area contributed by atoms with Gasteiger partial charge in [0.05, 0.1) is 13.2 Å². The number of ether oxygens (including phenoxy) is 2. The van der Waals surface area contributed by atoms with Crippen molar-refractivity contribution in [2.24, 2.45) is 17.3 Å². The Bertz CT molecular complexity index is 644. The zero-order chi connectivity index (χ0) is 18.4. The predicted octanol–water partition coefficient (Wildman–Crippen LogP) is 3.19. The molecule has 0 N–H and O–H groups in total. The van der Waals surface area contributed by atoms with Crippen LogP contribution in [-0.2, 0) is 19.1 Å². The van der Waals surface area contributed by atoms with E-state index < -0.39 is 29.2 Å². The first kappa shape index (κ1) is 18.9. The number of hydrogen-bond donors (Lipinski definition) is 0. The van der Waals surface area contributed by atoms with Gasteiger partial charge in [-0.15, -0.1) is 0 Å². The Morgan fingerprint density at radius 3 is 2.12 bits per heavy atom. The largest absolute Gasteiger partial charge is 0.465 e. The maximum atomic E-state index is 12.9. The Hall–Kier alpha value is -2.43. The molecule has 0 bridgehead atoms. The minimum absolute atomic E-state index is 0.123. The van der Waals surface area contributed by atoms with Crippen LogP contribution in [0.3, 0.4) is 0 Å². The Balaban J connectivity index is 2.42. The van der Waals surface area contributed by atoms with Crippen molar-refractivity contribution in [1.82, 2.24) is 0 Å². The van der Waals surface area contributed by atoms with Crippen LogP contribution < -0.4 is 0 Å². The molecule has 0 amide bonds. The van der Waals surface area contributed by atoms with E-state index >= 15 is 0 Å². The highest BCUT2D eigenvalue weighted by atomic mass is 16.6. The molecule has 0 saturated carbocycles. The van der Waals surface area contributed by atoms with Crippen molar-refractivity contribution in [3.63, 3.8) is 0 Å². The highest BCUT2D eigenvalue weighted by molar-refractivity contribution is 6.04. The van der Waals surface area contributed by atoms with E-state index in [0.717, 1.165) is 0 Å². The molecule has 2 atom stereocenters. The third-order valence-corrected chi connectivity index (χ3v) is 4.74. The van der Waals surface area contributed by atoms with E-state index in [1.807, 2.05) is 6.07 Å². The van der Waals surface area contributed by atoms with Gasteiger partial charge >= 0.3 is 11.9 Å². The standard InChI is InChI=1S/C20H24O5/c1-4-24-18(22)20(19(23)25-5-2)13-9-12-16(14(20)3)17(21)15-10-7-6-8-11-15/h6-12,14,16H,4-5,13H2,1-3H3/t14-,16+/m1/s1. The summed E-state index contributed by atoms with van der Waals surface area (Å²) in [6.45, 7) is 5.43. The summed E-state index contributed by atoms with van der Waals surface area (Å²) in [6.07, 6.45) is 3.65. The second-order valence-corrected chi connectivity index (χ2v) is 6.09. The molecule has 1 aromatic rings. The molecule has 0 fully saturated rings. The Kier molecular flexibility index (Phi) is 6.12. The molecule has 1 aliphatic carbocycles. The molecule has 0 unspecified atom stereocenters. The number of carbonyl (C=O) groups excluding carboxylic acids is 3. The summed E-state index contributed by atoms with van der Waals surface area (Å²) in [7, 11) is 0. The van der Waals surface area contributed by atoms with Gasteiger partial charge in [-0.05, 0) is 26.2 Å². The lowest BCUT2D eigenvalue weighted by Gasteiger charge is -2.39. The van der Waals surface area contributed by atoms with Gasteiger partial charge in [0.15, 0.2) is 11.2 Å². The van der Waals surface area contributed by atoms with Crippen LogP contribution in [0, 0.1) is 17.3 Å². The van der Waals surface area contributed by atoms with Crippen molar-refractivity contribution in [1.29, 1.82) is 0 Å². The van der Waals surface area contributed by atoms with Gasteiger partial charge in [-0.25, -0.2) is 0 Å². The smallest absolute Gasteiger partial charge is 0.324 e. The topological polar surface area (TPSA) is 69.7 Å². The maximum Gasteiger partial charge on any atom is 0.324 e. The lowest BCUT2D eigenvalue weighted by molar-refractivity contribution is -0.177. The molecule has 0 aliphatic heterocycles. The molecule has 0 heterocycles. The number of Topliss-reactive ketones (excluding diaryl/α,β-unsaturated/α-hetero) is 1. The fourth-order valence-electron chi connectivity index (χ4n) is 3.31. The zero-order valence-electron chi connectivity index (χ0n) is 14.9. The Morgan fingerprint density at radius 2 is 1.60 bits per heavy atom. The SMILES string of the molecule is CCOC(=O)C1(C(=O)OCC)CC=C[C@H](C(=O)c2ccccc2)[C@H]1C. The molecular formula is C20H24O5. The second-order valence-electron chi connectivity index (χ2n) is 6.09. The predicted molar refractivity (Wildman–Crippen MR) is 92.9 cm³/mol. The maximum absolute atomic E-state index is 12.9. The van der Waals surface area contributed by atoms with E-state index in [9.17, 15) is 14.4 Å². The minimum Gasteiger partial charge on any atom is -0.465 e. The lowest BCUT2D eigenvalue weighted by atomic mass is 9.63. The third-order valence-electron chi connectivity index (χ3n) is 4.74. The average molecular weight is 344 g/mol. The summed E-state index contributed by atoms with van der Waals surface area (Å²) in [6, 6.07) is 8.86. The van der Waals surface area contributed by atoms with Gasteiger partial charge in [-0.2, -0.15) is 0 Å². The van der Waals surface area contributed by atoms with Crippen molar-refractivity contribution < 1.29 is 23.9 Å². The number of rotatable bonds is 6. The molecule has 2 rings (SSSR count). The first-order valence-electron chi connectivity index (χ1n) is 8.59. The molecular weight excluding hydrogens is 320 g/mol. The monoisotopic (exact) mass is 344 g/mol. The van der Waals surface area contributed by atoms with Crippen molar-refractivity contribution in [3.8, 4) is 0 Å². The first-order valence-corrected chi connectivity index (χ1v) is 8.59. The van der Waals surface area contributed by atoms with Crippen LogP contribution in [-0.4, -0.2) is 30.9 Å². The van der Waals surface area contributed by atoms with E-state index in [2.05, 4.69) is 0 Å². The van der Waals surface area contributed by atoms with Crippen LogP contribution in [0.4, 0.5) is 0 Å². The fraction of sp³-hybridized carbons (Fsp3) is 0.450. The fourth-order valence-corrected chi connectivity index (χ4v) is 3.31. The van der Waals surface area contributed by atoms with Gasteiger partial charge in [0.1, 0.15) is 0 Å². The molecule has 1 aromatic carbocycles. The van der Waals surface area contributed by atoms with Gasteiger partial charge in [-0.1, -0.05) is 49.4 Å². The molecule has 5 nitrogen and oxygen atoms in total. The van der Waals surface area contributed by atoms with Crippen molar-refractivity contribution >= 4 is 17.7 Å². The molecule has 0 saturated heterocycles. The van der Waals surface area contributed by atoms with Gasteiger partial charge in [0.2, 0.25) is 0 Å². The summed E-state index contributed by atoms with van der Waals surface area (Å²) in [5.74, 6) is -2.54. The van der Waals surface area contributed by atoms with E-state index in [4.69, 9.17) is 9.47 Å². The molecule has 134 valence electrons. The summed E-state index contributed by atoms with van der Waals surface area (Å²) in [5, 5.41) is 0. The molecule has 0 spiro atoms. The van der Waals surface area contributed by atoms with E-state index in [-0.39, 0.29) is 25.4 Å². The first-order chi connectivity index (χ1) is 12.0. The van der Waals surface area contributed by atoms with E-state index in [1.165, 1.54) is 0 Å². The van der Waals surface area contributed by atoms with Crippen LogP contribution in [0.15, 0.2) is 42.5 Å². The third kappa shape index (κ3) is 3.50. The number of ketones is 1. The number of hydrogen-bond acceptors (Lipinski definition) is 5. The molecule has 0 radical (unpaired) electrons. The van der Waals surface area contributed by atoms with Crippen LogP contribution in [0.2, 0.25) is 0 Å². The average Bonchev–Trinajstić information content (AvgIpc) is 2.62. The number of esters is 2. The quantitative estimate of drug-likeness (QED) is 0.343. The van der Waals surface area contributed by atoms with Crippen LogP contribution in [0.1, 0.15) is 37.6 Å². The molecule has 0 aromatic heterocycles. The normalized spacial score (nSPS) is 21.4. The Morgan fingerprint density at radius 1 is 1.04 bits per heavy atom. The number of benzene rings is 1. The van der Waals surface area contributed by atoms with Crippen LogP contribution in [0.5, 0.6) is 0 Å². The highest BCUT2D eigenvalue weighted by Crippen LogP contribution is 2.44. The number of allylic oxidation sites excluding steroid dienone is 2. The molecule has 5 heteroatoms. The van der Waals surface area contributed by atoms with Crippen molar-refractivity contribution in [2.45, 2.75) is 27.2 Å². The van der Waals surface area contributed by atoms with Crippen LogP contribution in [0.25, 0.3) is 0 Å². The van der Waals surface area contributed by atoms with Crippen LogP contribution >= 0.6 is 0 Å². The van der Waals surface area contributed by atoms with E-state index in [1.54, 1.807) is 57.2 Å². The second kappa shape index (κ2) is 8.10. The van der Waals surface area contributed by atoms with Gasteiger partial charge in [0, 0.05) is 11.5 Å². The van der Waals surface area contributed by atoms with E-state index in [0.29, 0.717) is 5.56 Å². The molecule has 1 aliphatic rings. The minimum atomic E-state index is -1.49. The van der Waals surface area contributed by atoms with Gasteiger partial charge < -0.3 is 9.47 Å². The summed E-state index contributed by atoms with van der Waals surface area (Å²) in [5.41, 5.74) is -0.942. The summed E-state index contributed by atoms with van der Waals surface area (Å²) in [4.78, 5) is 38.3. The molecule has 25 heavy (non-hydrogen) atoms.